The maximum absolute atomic E-state index is 12.6. The van der Waals surface area contributed by atoms with Gasteiger partial charge in [0.05, 0.1) is 11.9 Å². The number of nitrogens with zero attached hydrogens (tertiary/aromatic N) is 2. The molecule has 0 saturated heterocycles. The molecule has 0 saturated carbocycles. The lowest BCUT2D eigenvalue weighted by atomic mass is 10.1. The van der Waals surface area contributed by atoms with Gasteiger partial charge in [0.15, 0.2) is 0 Å². The number of halogens is 1. The Bertz CT molecular complexity index is 942. The van der Waals surface area contributed by atoms with Gasteiger partial charge >= 0.3 is 0 Å². The Balaban J connectivity index is 2.22. The summed E-state index contributed by atoms with van der Waals surface area (Å²) in [5.74, 6) is -0.655. The van der Waals surface area contributed by atoms with Crippen LogP contribution in [0.2, 0.25) is 0 Å². The van der Waals surface area contributed by atoms with Crippen molar-refractivity contribution >= 4 is 49.1 Å². The molecule has 0 spiro atoms. The van der Waals surface area contributed by atoms with Gasteiger partial charge in [-0.05, 0) is 48.4 Å². The molecule has 144 valence electrons. The number of amides is 2. The smallest absolute Gasteiger partial charge is 0.241 e. The molecule has 0 N–H and O–H groups in total. The number of anilines is 2. The molecular formula is C19H21BrN2O4S. The van der Waals surface area contributed by atoms with E-state index in [2.05, 4.69) is 15.9 Å². The number of carbonyl (C=O) groups excluding carboxylic acids is 2. The maximum atomic E-state index is 12.6. The lowest BCUT2D eigenvalue weighted by Crippen LogP contribution is -2.36. The van der Waals surface area contributed by atoms with E-state index in [1.54, 1.807) is 19.2 Å². The first-order valence-corrected chi connectivity index (χ1v) is 10.9. The van der Waals surface area contributed by atoms with Crippen molar-refractivity contribution in [3.8, 4) is 0 Å². The standard InChI is InChI=1S/C19H21BrN2O4S/c1-14(23)21(2)17-8-10-18(11-9-17)22(27(3,25)26)19(24)12-7-15-5-4-6-16(20)13-15/h4-6,8-11,13H,7,12H2,1-3H3. The highest BCUT2D eigenvalue weighted by Gasteiger charge is 2.25. The van der Waals surface area contributed by atoms with Crippen molar-refractivity contribution in [2.24, 2.45) is 0 Å². The Morgan fingerprint density at radius 2 is 1.63 bits per heavy atom. The summed E-state index contributed by atoms with van der Waals surface area (Å²) in [7, 11) is -2.17. The molecule has 27 heavy (non-hydrogen) atoms. The van der Waals surface area contributed by atoms with Crippen LogP contribution in [0.3, 0.4) is 0 Å². The van der Waals surface area contributed by atoms with Gasteiger partial charge in [0.25, 0.3) is 0 Å². The zero-order valence-corrected chi connectivity index (χ0v) is 17.7. The van der Waals surface area contributed by atoms with Crippen LogP contribution >= 0.6 is 15.9 Å². The molecule has 0 unspecified atom stereocenters. The first-order chi connectivity index (χ1) is 12.6. The van der Waals surface area contributed by atoms with Gasteiger partial charge in [0, 0.05) is 30.6 Å². The Morgan fingerprint density at radius 3 is 2.15 bits per heavy atom. The summed E-state index contributed by atoms with van der Waals surface area (Å²) in [4.78, 5) is 25.5. The van der Waals surface area contributed by atoms with Crippen LogP contribution in [0.4, 0.5) is 11.4 Å². The molecule has 0 atom stereocenters. The molecule has 0 aliphatic carbocycles. The zero-order chi connectivity index (χ0) is 20.2. The summed E-state index contributed by atoms with van der Waals surface area (Å²) in [6.07, 6.45) is 1.48. The van der Waals surface area contributed by atoms with Crippen LogP contribution < -0.4 is 9.21 Å². The molecule has 2 amide bonds. The van der Waals surface area contributed by atoms with Gasteiger partial charge in [0.1, 0.15) is 0 Å². The van der Waals surface area contributed by atoms with Crippen molar-refractivity contribution in [1.82, 2.24) is 0 Å². The number of hydrogen-bond acceptors (Lipinski definition) is 4. The van der Waals surface area contributed by atoms with Crippen molar-refractivity contribution in [3.63, 3.8) is 0 Å². The van der Waals surface area contributed by atoms with Gasteiger partial charge < -0.3 is 4.90 Å². The topological polar surface area (TPSA) is 74.8 Å². The van der Waals surface area contributed by atoms with E-state index >= 15 is 0 Å². The summed E-state index contributed by atoms with van der Waals surface area (Å²) in [6, 6.07) is 13.8. The number of benzene rings is 2. The molecule has 0 fully saturated rings. The second-order valence-corrected chi connectivity index (χ2v) is 8.89. The average molecular weight is 453 g/mol. The molecule has 0 aromatic heterocycles. The highest BCUT2D eigenvalue weighted by molar-refractivity contribution is 9.10. The third-order valence-electron chi connectivity index (χ3n) is 4.02. The molecular weight excluding hydrogens is 432 g/mol. The van der Waals surface area contributed by atoms with Gasteiger partial charge in [-0.2, -0.15) is 0 Å². The van der Waals surface area contributed by atoms with Gasteiger partial charge in [-0.25, -0.2) is 12.7 Å². The number of carbonyl (C=O) groups is 2. The molecule has 8 heteroatoms. The van der Waals surface area contributed by atoms with E-state index in [1.165, 1.54) is 24.0 Å². The second kappa shape index (κ2) is 8.67. The first kappa shape index (κ1) is 21.1. The van der Waals surface area contributed by atoms with E-state index in [0.717, 1.165) is 20.6 Å². The zero-order valence-electron chi connectivity index (χ0n) is 15.3. The lowest BCUT2D eigenvalue weighted by Gasteiger charge is -2.22. The third-order valence-corrected chi connectivity index (χ3v) is 5.59. The molecule has 0 radical (unpaired) electrons. The SMILES string of the molecule is CC(=O)N(C)c1ccc(N(C(=O)CCc2cccc(Br)c2)S(C)(=O)=O)cc1. The summed E-state index contributed by atoms with van der Waals surface area (Å²) >= 11 is 3.38. The van der Waals surface area contributed by atoms with Gasteiger partial charge in [-0.1, -0.05) is 28.1 Å². The molecule has 0 aliphatic rings. The predicted molar refractivity (Wildman–Crippen MR) is 110 cm³/mol. The molecule has 0 aliphatic heterocycles. The third kappa shape index (κ3) is 5.64. The van der Waals surface area contributed by atoms with Crippen LogP contribution in [0.15, 0.2) is 53.0 Å². The Morgan fingerprint density at radius 1 is 1.04 bits per heavy atom. The fraction of sp³-hybridized carbons (Fsp3) is 0.263. The fourth-order valence-electron chi connectivity index (χ4n) is 2.56. The van der Waals surface area contributed by atoms with E-state index in [1.807, 2.05) is 24.3 Å². The van der Waals surface area contributed by atoms with Crippen LogP contribution in [0, 0.1) is 0 Å². The normalized spacial score (nSPS) is 11.1. The number of sulfonamides is 1. The van der Waals surface area contributed by atoms with Crippen molar-refractivity contribution in [3.05, 3.63) is 58.6 Å². The molecule has 2 aromatic carbocycles. The Labute approximate surface area is 168 Å². The van der Waals surface area contributed by atoms with Gasteiger partial charge in [0.2, 0.25) is 21.8 Å². The summed E-state index contributed by atoms with van der Waals surface area (Å²) < 4.78 is 26.1. The lowest BCUT2D eigenvalue weighted by molar-refractivity contribution is -0.117. The quantitative estimate of drug-likeness (QED) is 0.673. The summed E-state index contributed by atoms with van der Waals surface area (Å²) in [5.41, 5.74) is 1.79. The summed E-state index contributed by atoms with van der Waals surface area (Å²) in [5, 5.41) is 0. The van der Waals surface area contributed by atoms with Crippen LogP contribution in [0.5, 0.6) is 0 Å². The van der Waals surface area contributed by atoms with E-state index in [4.69, 9.17) is 0 Å². The molecule has 2 aromatic rings. The average Bonchev–Trinajstić information content (AvgIpc) is 2.59. The van der Waals surface area contributed by atoms with E-state index < -0.39 is 15.9 Å². The van der Waals surface area contributed by atoms with Crippen molar-refractivity contribution in [2.45, 2.75) is 19.8 Å². The minimum Gasteiger partial charge on any atom is -0.316 e. The number of hydrogen-bond donors (Lipinski definition) is 0. The molecule has 0 bridgehead atoms. The van der Waals surface area contributed by atoms with E-state index in [-0.39, 0.29) is 18.0 Å². The fourth-order valence-corrected chi connectivity index (χ4v) is 3.97. The number of aryl methyl sites for hydroxylation is 1. The largest absolute Gasteiger partial charge is 0.316 e. The van der Waals surface area contributed by atoms with Gasteiger partial charge in [-0.3, -0.25) is 9.59 Å². The maximum Gasteiger partial charge on any atom is 0.241 e. The van der Waals surface area contributed by atoms with Crippen LogP contribution in [-0.2, 0) is 26.0 Å². The minimum atomic E-state index is -3.79. The van der Waals surface area contributed by atoms with Crippen LogP contribution in [0.25, 0.3) is 0 Å². The van der Waals surface area contributed by atoms with E-state index in [0.29, 0.717) is 12.1 Å². The van der Waals surface area contributed by atoms with Crippen molar-refractivity contribution in [2.75, 3.05) is 22.5 Å². The van der Waals surface area contributed by atoms with Crippen molar-refractivity contribution in [1.29, 1.82) is 0 Å². The molecule has 2 rings (SSSR count). The highest BCUT2D eigenvalue weighted by atomic mass is 79.9. The van der Waals surface area contributed by atoms with E-state index in [9.17, 15) is 18.0 Å². The van der Waals surface area contributed by atoms with Crippen LogP contribution in [-0.4, -0.2) is 33.5 Å². The number of rotatable bonds is 6. The second-order valence-electron chi connectivity index (χ2n) is 6.15. The molecule has 6 nitrogen and oxygen atoms in total. The Kier molecular flexibility index (Phi) is 6.78. The predicted octanol–water partition coefficient (Wildman–Crippen LogP) is 3.36. The van der Waals surface area contributed by atoms with Gasteiger partial charge in [-0.15, -0.1) is 0 Å². The first-order valence-electron chi connectivity index (χ1n) is 8.21. The Hall–Kier alpha value is -2.19. The minimum absolute atomic E-state index is 0.0542. The van der Waals surface area contributed by atoms with Crippen molar-refractivity contribution < 1.29 is 18.0 Å². The monoisotopic (exact) mass is 452 g/mol. The summed E-state index contributed by atoms with van der Waals surface area (Å²) in [6.45, 7) is 1.43. The molecule has 0 heterocycles. The van der Waals surface area contributed by atoms with Crippen LogP contribution in [0.1, 0.15) is 18.9 Å². The highest BCUT2D eigenvalue weighted by Crippen LogP contribution is 2.24.